The van der Waals surface area contributed by atoms with Crippen LogP contribution in [0, 0.1) is 6.33 Å². The van der Waals surface area contributed by atoms with Crippen LogP contribution in [-0.2, 0) is 0 Å². The molecule has 3 nitrogen and oxygen atoms in total. The fourth-order valence-electron chi connectivity index (χ4n) is 0.928. The van der Waals surface area contributed by atoms with Crippen LogP contribution in [0.15, 0.2) is 6.20 Å². The Morgan fingerprint density at radius 3 is 2.70 bits per heavy atom. The SMILES string of the molecule is CCN(CC)c1c[nH][c]n1. The van der Waals surface area contributed by atoms with Gasteiger partial charge in [-0.15, -0.1) is 0 Å². The number of anilines is 1. The molecule has 0 aliphatic carbocycles. The van der Waals surface area contributed by atoms with E-state index < -0.39 is 0 Å². The minimum absolute atomic E-state index is 0.977. The van der Waals surface area contributed by atoms with Gasteiger partial charge in [0, 0.05) is 19.3 Å². The van der Waals surface area contributed by atoms with Crippen LogP contribution in [0.4, 0.5) is 5.82 Å². The highest BCUT2D eigenvalue weighted by atomic mass is 15.2. The molecule has 55 valence electrons. The van der Waals surface area contributed by atoms with Gasteiger partial charge in [-0.2, -0.15) is 0 Å². The minimum Gasteiger partial charge on any atom is -0.356 e. The van der Waals surface area contributed by atoms with E-state index in [0.717, 1.165) is 18.9 Å². The molecule has 3 heteroatoms. The molecule has 0 saturated carbocycles. The fraction of sp³-hybridized carbons (Fsp3) is 0.571. The molecule has 0 aliphatic heterocycles. The zero-order valence-electron chi connectivity index (χ0n) is 6.39. The van der Waals surface area contributed by atoms with E-state index in [-0.39, 0.29) is 0 Å². The van der Waals surface area contributed by atoms with Crippen molar-refractivity contribution >= 4 is 5.82 Å². The Bertz CT molecular complexity index is 165. The van der Waals surface area contributed by atoms with E-state index in [1.807, 2.05) is 6.20 Å². The largest absolute Gasteiger partial charge is 0.356 e. The molecule has 1 aromatic rings. The first-order valence-corrected chi connectivity index (χ1v) is 3.54. The van der Waals surface area contributed by atoms with E-state index in [0.29, 0.717) is 0 Å². The van der Waals surface area contributed by atoms with Gasteiger partial charge in [-0.05, 0) is 13.8 Å². The Morgan fingerprint density at radius 2 is 2.30 bits per heavy atom. The third kappa shape index (κ3) is 1.29. The lowest BCUT2D eigenvalue weighted by Gasteiger charge is -2.16. The number of rotatable bonds is 3. The fourth-order valence-corrected chi connectivity index (χ4v) is 0.928. The van der Waals surface area contributed by atoms with Crippen LogP contribution in [0.2, 0.25) is 0 Å². The van der Waals surface area contributed by atoms with Gasteiger partial charge < -0.3 is 9.88 Å². The molecule has 10 heavy (non-hydrogen) atoms. The van der Waals surface area contributed by atoms with Crippen molar-refractivity contribution in [3.05, 3.63) is 12.5 Å². The highest BCUT2D eigenvalue weighted by molar-refractivity contribution is 5.34. The number of nitrogens with zero attached hydrogens (tertiary/aromatic N) is 2. The number of H-pyrrole nitrogens is 1. The molecule has 1 aromatic heterocycles. The second-order valence-corrected chi connectivity index (χ2v) is 2.04. The molecule has 0 saturated heterocycles. The lowest BCUT2D eigenvalue weighted by atomic mass is 10.5. The van der Waals surface area contributed by atoms with Crippen LogP contribution in [0.25, 0.3) is 0 Å². The van der Waals surface area contributed by atoms with Gasteiger partial charge in [0.25, 0.3) is 0 Å². The average molecular weight is 138 g/mol. The molecule has 0 aliphatic rings. The lowest BCUT2D eigenvalue weighted by molar-refractivity contribution is 0.850. The van der Waals surface area contributed by atoms with E-state index in [4.69, 9.17) is 0 Å². The van der Waals surface area contributed by atoms with Gasteiger partial charge in [-0.1, -0.05) is 0 Å². The van der Waals surface area contributed by atoms with Crippen molar-refractivity contribution in [2.75, 3.05) is 18.0 Å². The first-order valence-electron chi connectivity index (χ1n) is 3.54. The van der Waals surface area contributed by atoms with E-state index in [1.54, 1.807) is 0 Å². The minimum atomic E-state index is 0.977. The van der Waals surface area contributed by atoms with Crippen LogP contribution >= 0.6 is 0 Å². The van der Waals surface area contributed by atoms with Crippen LogP contribution in [-0.4, -0.2) is 23.1 Å². The Balaban J connectivity index is 2.64. The van der Waals surface area contributed by atoms with Crippen molar-refractivity contribution in [3.8, 4) is 0 Å². The maximum Gasteiger partial charge on any atom is 0.175 e. The molecule has 0 bridgehead atoms. The van der Waals surface area contributed by atoms with Crippen molar-refractivity contribution < 1.29 is 0 Å². The maximum absolute atomic E-state index is 4.00. The zero-order chi connectivity index (χ0) is 7.40. The van der Waals surface area contributed by atoms with Crippen LogP contribution in [0.5, 0.6) is 0 Å². The zero-order valence-corrected chi connectivity index (χ0v) is 6.39. The first kappa shape index (κ1) is 7.12. The summed E-state index contributed by atoms with van der Waals surface area (Å²) in [6.45, 7) is 6.21. The molecule has 0 aromatic carbocycles. The Hall–Kier alpha value is -0.990. The number of imidazole rings is 1. The second-order valence-electron chi connectivity index (χ2n) is 2.04. The number of hydrogen-bond acceptors (Lipinski definition) is 2. The number of nitrogens with one attached hydrogen (secondary N) is 1. The van der Waals surface area contributed by atoms with Crippen LogP contribution in [0.1, 0.15) is 13.8 Å². The van der Waals surface area contributed by atoms with E-state index >= 15 is 0 Å². The van der Waals surface area contributed by atoms with E-state index in [9.17, 15) is 0 Å². The summed E-state index contributed by atoms with van der Waals surface area (Å²) >= 11 is 0. The molecule has 0 fully saturated rings. The third-order valence-corrected chi connectivity index (χ3v) is 1.52. The Kier molecular flexibility index (Phi) is 2.31. The second kappa shape index (κ2) is 3.25. The summed E-state index contributed by atoms with van der Waals surface area (Å²) in [5.74, 6) is 0.977. The van der Waals surface area contributed by atoms with E-state index in [2.05, 4.69) is 35.0 Å². The van der Waals surface area contributed by atoms with E-state index in [1.165, 1.54) is 0 Å². The van der Waals surface area contributed by atoms with Gasteiger partial charge in [0.2, 0.25) is 0 Å². The van der Waals surface area contributed by atoms with Gasteiger partial charge in [0.15, 0.2) is 6.33 Å². The number of aromatic amines is 1. The normalized spacial score (nSPS) is 9.80. The number of hydrogen-bond donors (Lipinski definition) is 1. The quantitative estimate of drug-likeness (QED) is 0.677. The molecule has 0 unspecified atom stereocenters. The Labute approximate surface area is 61.1 Å². The average Bonchev–Trinajstić information content (AvgIpc) is 2.43. The summed E-state index contributed by atoms with van der Waals surface area (Å²) in [5, 5.41) is 0. The molecule has 0 atom stereocenters. The maximum atomic E-state index is 4.00. The molecule has 1 heterocycles. The summed E-state index contributed by atoms with van der Waals surface area (Å²) in [6, 6.07) is 0. The summed E-state index contributed by atoms with van der Waals surface area (Å²) in [7, 11) is 0. The van der Waals surface area contributed by atoms with Crippen molar-refractivity contribution in [1.29, 1.82) is 0 Å². The molecule has 1 radical (unpaired) electrons. The van der Waals surface area contributed by atoms with Crippen molar-refractivity contribution in [2.45, 2.75) is 13.8 Å². The van der Waals surface area contributed by atoms with Gasteiger partial charge in [-0.25, -0.2) is 4.98 Å². The standard InChI is InChI=1S/C7H12N3/c1-3-10(4-2)7-5-8-6-9-7/h5H,3-4H2,1-2H3,(H,8,9). The number of aromatic nitrogens is 2. The lowest BCUT2D eigenvalue weighted by Crippen LogP contribution is -2.21. The molecule has 1 rings (SSSR count). The Morgan fingerprint density at radius 1 is 1.60 bits per heavy atom. The van der Waals surface area contributed by atoms with Gasteiger partial charge >= 0.3 is 0 Å². The highest BCUT2D eigenvalue weighted by Gasteiger charge is 2.00. The van der Waals surface area contributed by atoms with Crippen molar-refractivity contribution in [3.63, 3.8) is 0 Å². The van der Waals surface area contributed by atoms with Crippen molar-refractivity contribution in [2.24, 2.45) is 0 Å². The molecular formula is C7H12N3. The van der Waals surface area contributed by atoms with Gasteiger partial charge in [0.05, 0.1) is 0 Å². The van der Waals surface area contributed by atoms with Crippen molar-refractivity contribution in [1.82, 2.24) is 9.97 Å². The monoisotopic (exact) mass is 138 g/mol. The summed E-state index contributed by atoms with van der Waals surface area (Å²) in [6.07, 6.45) is 4.52. The molecular weight excluding hydrogens is 126 g/mol. The summed E-state index contributed by atoms with van der Waals surface area (Å²) in [4.78, 5) is 8.96. The summed E-state index contributed by atoms with van der Waals surface area (Å²) in [5.41, 5.74) is 0. The van der Waals surface area contributed by atoms with Gasteiger partial charge in [0.1, 0.15) is 5.82 Å². The molecule has 0 amide bonds. The highest BCUT2D eigenvalue weighted by Crippen LogP contribution is 2.05. The predicted molar refractivity (Wildman–Crippen MR) is 41.0 cm³/mol. The van der Waals surface area contributed by atoms with Gasteiger partial charge in [-0.3, -0.25) is 0 Å². The van der Waals surface area contributed by atoms with Crippen LogP contribution in [0.3, 0.4) is 0 Å². The third-order valence-electron chi connectivity index (χ3n) is 1.52. The smallest absolute Gasteiger partial charge is 0.175 e. The summed E-state index contributed by atoms with van der Waals surface area (Å²) < 4.78 is 0. The molecule has 1 N–H and O–H groups in total. The predicted octanol–water partition coefficient (Wildman–Crippen LogP) is 1.06. The first-order chi connectivity index (χ1) is 4.88. The molecule has 0 spiro atoms. The van der Waals surface area contributed by atoms with Crippen LogP contribution < -0.4 is 4.90 Å². The topological polar surface area (TPSA) is 31.9 Å².